The van der Waals surface area contributed by atoms with Crippen LogP contribution >= 0.6 is 0 Å². The normalized spacial score (nSPS) is 14.3. The number of hydrogen-bond acceptors (Lipinski definition) is 2. The highest BCUT2D eigenvalue weighted by molar-refractivity contribution is 5.33. The topological polar surface area (TPSA) is 38.9 Å². The van der Waals surface area contributed by atoms with Gasteiger partial charge in [0, 0.05) is 0 Å². The molecule has 94 valence electrons. The second kappa shape index (κ2) is 4.42. The fourth-order valence-electron chi connectivity index (χ4n) is 1.65. The molecule has 1 aromatic heterocycles. The molecule has 0 aliphatic heterocycles. The average molecular weight is 252 g/mol. The SMILES string of the molecule is CC(N)(c1ccc(F)c(F)c1)c1ccc(F)cn1. The molecule has 5 heteroatoms. The quantitative estimate of drug-likeness (QED) is 0.892. The van der Waals surface area contributed by atoms with Crippen LogP contribution < -0.4 is 5.73 Å². The highest BCUT2D eigenvalue weighted by atomic mass is 19.2. The van der Waals surface area contributed by atoms with Gasteiger partial charge in [0.25, 0.3) is 0 Å². The minimum Gasteiger partial charge on any atom is -0.317 e. The number of hydrogen-bond donors (Lipinski definition) is 1. The molecule has 0 saturated carbocycles. The van der Waals surface area contributed by atoms with Gasteiger partial charge in [-0.05, 0) is 36.8 Å². The van der Waals surface area contributed by atoms with Crippen LogP contribution in [0.3, 0.4) is 0 Å². The molecule has 0 aliphatic carbocycles. The van der Waals surface area contributed by atoms with Gasteiger partial charge in [0.1, 0.15) is 5.82 Å². The zero-order valence-corrected chi connectivity index (χ0v) is 9.62. The molecular formula is C13H11F3N2. The van der Waals surface area contributed by atoms with E-state index in [4.69, 9.17) is 5.73 Å². The molecule has 1 heterocycles. The van der Waals surface area contributed by atoms with Gasteiger partial charge in [-0.3, -0.25) is 4.98 Å². The van der Waals surface area contributed by atoms with E-state index in [2.05, 4.69) is 4.98 Å². The molecule has 0 spiro atoms. The summed E-state index contributed by atoms with van der Waals surface area (Å²) in [5.41, 5.74) is 5.66. The number of nitrogens with two attached hydrogens (primary N) is 1. The van der Waals surface area contributed by atoms with Crippen molar-refractivity contribution in [3.63, 3.8) is 0 Å². The molecule has 2 rings (SSSR count). The van der Waals surface area contributed by atoms with Crippen LogP contribution in [0.5, 0.6) is 0 Å². The molecule has 18 heavy (non-hydrogen) atoms. The van der Waals surface area contributed by atoms with E-state index in [1.807, 2.05) is 0 Å². The first-order valence-electron chi connectivity index (χ1n) is 5.27. The summed E-state index contributed by atoms with van der Waals surface area (Å²) in [5.74, 6) is -2.41. The van der Waals surface area contributed by atoms with Crippen LogP contribution in [-0.2, 0) is 5.54 Å². The third-order valence-electron chi connectivity index (χ3n) is 2.78. The second-order valence-electron chi connectivity index (χ2n) is 4.19. The highest BCUT2D eigenvalue weighted by Gasteiger charge is 2.26. The lowest BCUT2D eigenvalue weighted by Crippen LogP contribution is -2.35. The summed E-state index contributed by atoms with van der Waals surface area (Å²) in [6.45, 7) is 1.60. The van der Waals surface area contributed by atoms with Gasteiger partial charge in [0.2, 0.25) is 0 Å². The predicted octanol–water partition coefficient (Wildman–Crippen LogP) is 2.72. The van der Waals surface area contributed by atoms with E-state index in [1.165, 1.54) is 18.2 Å². The van der Waals surface area contributed by atoms with Crippen LogP contribution in [0.25, 0.3) is 0 Å². The second-order valence-corrected chi connectivity index (χ2v) is 4.19. The summed E-state index contributed by atoms with van der Waals surface area (Å²) in [4.78, 5) is 3.86. The molecule has 0 aliphatic rings. The lowest BCUT2D eigenvalue weighted by molar-refractivity contribution is 0.498. The molecule has 0 bridgehead atoms. The molecule has 0 saturated heterocycles. The number of rotatable bonds is 2. The number of nitrogens with zero attached hydrogens (tertiary/aromatic N) is 1. The van der Waals surface area contributed by atoms with Crippen LogP contribution in [0.2, 0.25) is 0 Å². The maximum atomic E-state index is 13.2. The van der Waals surface area contributed by atoms with Crippen molar-refractivity contribution >= 4 is 0 Å². The molecule has 0 fully saturated rings. The molecule has 1 atom stereocenters. The largest absolute Gasteiger partial charge is 0.317 e. The lowest BCUT2D eigenvalue weighted by atomic mass is 9.89. The van der Waals surface area contributed by atoms with Crippen molar-refractivity contribution in [2.75, 3.05) is 0 Å². The van der Waals surface area contributed by atoms with E-state index in [-0.39, 0.29) is 0 Å². The van der Waals surface area contributed by atoms with Gasteiger partial charge in [0.05, 0.1) is 17.4 Å². The minimum atomic E-state index is -1.12. The van der Waals surface area contributed by atoms with Crippen LogP contribution in [0.4, 0.5) is 13.2 Å². The number of aromatic nitrogens is 1. The van der Waals surface area contributed by atoms with Gasteiger partial charge in [-0.2, -0.15) is 0 Å². The van der Waals surface area contributed by atoms with E-state index >= 15 is 0 Å². The Morgan fingerprint density at radius 3 is 2.33 bits per heavy atom. The van der Waals surface area contributed by atoms with Crippen molar-refractivity contribution in [1.29, 1.82) is 0 Å². The summed E-state index contributed by atoms with van der Waals surface area (Å²) in [6, 6.07) is 6.02. The summed E-state index contributed by atoms with van der Waals surface area (Å²) >= 11 is 0. The standard InChI is InChI=1S/C13H11F3N2/c1-13(17,12-5-3-9(14)7-18-12)8-2-4-10(15)11(16)6-8/h2-7H,17H2,1H3. The Morgan fingerprint density at radius 1 is 1.06 bits per heavy atom. The number of benzene rings is 1. The Bertz CT molecular complexity index is 565. The van der Waals surface area contributed by atoms with E-state index in [9.17, 15) is 13.2 Å². The Kier molecular flexibility index (Phi) is 3.09. The zero-order valence-electron chi connectivity index (χ0n) is 9.62. The maximum Gasteiger partial charge on any atom is 0.159 e. The molecule has 2 N–H and O–H groups in total. The molecule has 0 amide bonds. The number of halogens is 3. The first-order valence-corrected chi connectivity index (χ1v) is 5.27. The van der Waals surface area contributed by atoms with Gasteiger partial charge in [-0.15, -0.1) is 0 Å². The Balaban J connectivity index is 2.46. The van der Waals surface area contributed by atoms with E-state index in [0.29, 0.717) is 11.3 Å². The third kappa shape index (κ3) is 2.22. The van der Waals surface area contributed by atoms with Crippen LogP contribution in [-0.4, -0.2) is 4.98 Å². The van der Waals surface area contributed by atoms with Crippen molar-refractivity contribution in [3.05, 3.63) is 65.2 Å². The molecule has 2 aromatic rings. The summed E-state index contributed by atoms with van der Waals surface area (Å²) < 4.78 is 38.8. The van der Waals surface area contributed by atoms with E-state index in [1.54, 1.807) is 6.92 Å². The predicted molar refractivity (Wildman–Crippen MR) is 61.2 cm³/mol. The van der Waals surface area contributed by atoms with Gasteiger partial charge < -0.3 is 5.73 Å². The fraction of sp³-hybridized carbons (Fsp3) is 0.154. The summed E-state index contributed by atoms with van der Waals surface area (Å²) in [7, 11) is 0. The van der Waals surface area contributed by atoms with E-state index in [0.717, 1.165) is 18.3 Å². The van der Waals surface area contributed by atoms with E-state index < -0.39 is 23.0 Å². The molecule has 2 nitrogen and oxygen atoms in total. The zero-order chi connectivity index (χ0) is 13.3. The fourth-order valence-corrected chi connectivity index (χ4v) is 1.65. The molecule has 0 radical (unpaired) electrons. The smallest absolute Gasteiger partial charge is 0.159 e. The Hall–Kier alpha value is -1.88. The molecule has 1 aromatic carbocycles. The third-order valence-corrected chi connectivity index (χ3v) is 2.78. The van der Waals surface area contributed by atoms with Crippen molar-refractivity contribution in [2.45, 2.75) is 12.5 Å². The van der Waals surface area contributed by atoms with Gasteiger partial charge in [0.15, 0.2) is 11.6 Å². The maximum absolute atomic E-state index is 13.2. The van der Waals surface area contributed by atoms with Crippen molar-refractivity contribution < 1.29 is 13.2 Å². The first kappa shape index (κ1) is 12.6. The highest BCUT2D eigenvalue weighted by Crippen LogP contribution is 2.26. The van der Waals surface area contributed by atoms with Gasteiger partial charge in [-0.1, -0.05) is 6.07 Å². The van der Waals surface area contributed by atoms with Gasteiger partial charge in [-0.25, -0.2) is 13.2 Å². The van der Waals surface area contributed by atoms with Crippen LogP contribution in [0.15, 0.2) is 36.5 Å². The molecule has 1 unspecified atom stereocenters. The van der Waals surface area contributed by atoms with Gasteiger partial charge >= 0.3 is 0 Å². The Morgan fingerprint density at radius 2 is 1.78 bits per heavy atom. The summed E-state index contributed by atoms with van der Waals surface area (Å²) in [5, 5.41) is 0. The Labute approximate surface area is 102 Å². The summed E-state index contributed by atoms with van der Waals surface area (Å²) in [6.07, 6.45) is 1.03. The van der Waals surface area contributed by atoms with Crippen molar-refractivity contribution in [3.8, 4) is 0 Å². The van der Waals surface area contributed by atoms with Crippen LogP contribution in [0.1, 0.15) is 18.2 Å². The molecular weight excluding hydrogens is 241 g/mol. The number of pyridine rings is 1. The van der Waals surface area contributed by atoms with Crippen molar-refractivity contribution in [2.24, 2.45) is 5.73 Å². The van der Waals surface area contributed by atoms with Crippen LogP contribution in [0, 0.1) is 17.5 Å². The monoisotopic (exact) mass is 252 g/mol. The lowest BCUT2D eigenvalue weighted by Gasteiger charge is -2.24. The average Bonchev–Trinajstić information content (AvgIpc) is 2.33. The minimum absolute atomic E-state index is 0.362. The van der Waals surface area contributed by atoms with Crippen molar-refractivity contribution in [1.82, 2.24) is 4.98 Å². The first-order chi connectivity index (χ1) is 8.41.